The van der Waals surface area contributed by atoms with Crippen molar-refractivity contribution < 1.29 is 13.2 Å². The molecule has 1 heterocycles. The normalized spacial score (nSPS) is 11.3. The Morgan fingerprint density at radius 1 is 1.05 bits per heavy atom. The maximum absolute atomic E-state index is 14.1. The second kappa shape index (κ2) is 5.24. The third-order valence-corrected chi connectivity index (χ3v) is 3.49. The molecule has 0 spiro atoms. The quantitative estimate of drug-likeness (QED) is 0.615. The predicted molar refractivity (Wildman–Crippen MR) is 75.5 cm³/mol. The largest absolute Gasteiger partial charge is 0.292 e. The van der Waals surface area contributed by atoms with E-state index in [1.165, 1.54) is 16.7 Å². The van der Waals surface area contributed by atoms with E-state index in [0.717, 1.165) is 18.2 Å². The molecule has 0 fully saturated rings. The zero-order chi connectivity index (χ0) is 15.1. The van der Waals surface area contributed by atoms with E-state index in [1.54, 1.807) is 0 Å². The number of aromatic nitrogens is 2. The summed E-state index contributed by atoms with van der Waals surface area (Å²) in [4.78, 5) is 4.00. The Kier molecular flexibility index (Phi) is 3.55. The minimum Gasteiger partial charge on any atom is -0.292 e. The summed E-state index contributed by atoms with van der Waals surface area (Å²) in [6.45, 7) is 0. The van der Waals surface area contributed by atoms with Gasteiger partial charge in [0, 0.05) is 17.2 Å². The van der Waals surface area contributed by atoms with Gasteiger partial charge in [-0.1, -0.05) is 11.6 Å². The van der Waals surface area contributed by atoms with Crippen LogP contribution >= 0.6 is 23.2 Å². The van der Waals surface area contributed by atoms with E-state index in [1.807, 2.05) is 0 Å². The summed E-state index contributed by atoms with van der Waals surface area (Å²) in [6.07, 6.45) is 0. The van der Waals surface area contributed by atoms with Gasteiger partial charge in [0.1, 0.15) is 23.0 Å². The lowest BCUT2D eigenvalue weighted by Gasteiger charge is -2.09. The van der Waals surface area contributed by atoms with E-state index in [2.05, 4.69) is 4.98 Å². The highest BCUT2D eigenvalue weighted by Gasteiger charge is 2.18. The van der Waals surface area contributed by atoms with Gasteiger partial charge >= 0.3 is 0 Å². The Labute approximate surface area is 127 Å². The van der Waals surface area contributed by atoms with Gasteiger partial charge in [0.15, 0.2) is 5.82 Å². The molecule has 0 aliphatic rings. The topological polar surface area (TPSA) is 17.8 Å². The molecule has 0 aliphatic heterocycles. The van der Waals surface area contributed by atoms with Crippen molar-refractivity contribution in [1.29, 1.82) is 0 Å². The highest BCUT2D eigenvalue weighted by atomic mass is 35.5. The molecule has 0 saturated heterocycles. The van der Waals surface area contributed by atoms with Crippen LogP contribution in [0.4, 0.5) is 13.2 Å². The molecule has 0 aliphatic carbocycles. The van der Waals surface area contributed by atoms with Crippen LogP contribution in [0, 0.1) is 17.5 Å². The second-order valence-corrected chi connectivity index (χ2v) is 5.05. The number of nitrogens with zero attached hydrogens (tertiary/aromatic N) is 2. The SMILES string of the molecule is Fc1cc(F)c2nc(CCl)n(-c3ccc(Cl)cc3F)c2c1. The second-order valence-electron chi connectivity index (χ2n) is 4.35. The maximum Gasteiger partial charge on any atom is 0.153 e. The summed E-state index contributed by atoms with van der Waals surface area (Å²) in [5.74, 6) is -2.13. The van der Waals surface area contributed by atoms with E-state index in [9.17, 15) is 13.2 Å². The Morgan fingerprint density at radius 2 is 1.81 bits per heavy atom. The first-order valence-electron chi connectivity index (χ1n) is 5.89. The van der Waals surface area contributed by atoms with Crippen LogP contribution in [0.3, 0.4) is 0 Å². The van der Waals surface area contributed by atoms with Crippen LogP contribution in [-0.4, -0.2) is 9.55 Å². The van der Waals surface area contributed by atoms with Gasteiger partial charge in [0.05, 0.1) is 17.1 Å². The smallest absolute Gasteiger partial charge is 0.153 e. The lowest BCUT2D eigenvalue weighted by Crippen LogP contribution is -2.02. The molecule has 0 amide bonds. The van der Waals surface area contributed by atoms with Gasteiger partial charge in [-0.15, -0.1) is 11.6 Å². The fourth-order valence-corrected chi connectivity index (χ4v) is 2.51. The molecular formula is C14H7Cl2F3N2. The van der Waals surface area contributed by atoms with Gasteiger partial charge in [0.2, 0.25) is 0 Å². The zero-order valence-electron chi connectivity index (χ0n) is 10.4. The van der Waals surface area contributed by atoms with Gasteiger partial charge in [0.25, 0.3) is 0 Å². The van der Waals surface area contributed by atoms with Crippen LogP contribution in [0.25, 0.3) is 16.7 Å². The molecule has 108 valence electrons. The number of alkyl halides is 1. The van der Waals surface area contributed by atoms with Crippen molar-refractivity contribution in [2.45, 2.75) is 5.88 Å². The molecule has 0 unspecified atom stereocenters. The highest BCUT2D eigenvalue weighted by Crippen LogP contribution is 2.28. The molecule has 7 heteroatoms. The van der Waals surface area contributed by atoms with Gasteiger partial charge in [-0.05, 0) is 18.2 Å². The lowest BCUT2D eigenvalue weighted by molar-refractivity contribution is 0.590. The number of imidazole rings is 1. The van der Waals surface area contributed by atoms with E-state index < -0.39 is 17.5 Å². The molecule has 0 N–H and O–H groups in total. The number of hydrogen-bond donors (Lipinski definition) is 0. The van der Waals surface area contributed by atoms with Crippen molar-refractivity contribution in [2.24, 2.45) is 0 Å². The third-order valence-electron chi connectivity index (χ3n) is 3.02. The average Bonchev–Trinajstić information content (AvgIpc) is 2.77. The third kappa shape index (κ3) is 2.36. The van der Waals surface area contributed by atoms with Crippen molar-refractivity contribution in [2.75, 3.05) is 0 Å². The van der Waals surface area contributed by atoms with E-state index >= 15 is 0 Å². The van der Waals surface area contributed by atoms with Gasteiger partial charge in [-0.25, -0.2) is 18.2 Å². The lowest BCUT2D eigenvalue weighted by atomic mass is 10.2. The maximum atomic E-state index is 14.1. The summed E-state index contributed by atoms with van der Waals surface area (Å²) >= 11 is 11.5. The summed E-state index contributed by atoms with van der Waals surface area (Å²) < 4.78 is 42.6. The molecule has 21 heavy (non-hydrogen) atoms. The van der Waals surface area contributed by atoms with Crippen LogP contribution < -0.4 is 0 Å². The Hall–Kier alpha value is -1.72. The summed E-state index contributed by atoms with van der Waals surface area (Å²) in [7, 11) is 0. The summed E-state index contributed by atoms with van der Waals surface area (Å²) in [5.41, 5.74) is 0.105. The molecule has 0 atom stereocenters. The molecule has 0 bridgehead atoms. The highest BCUT2D eigenvalue weighted by molar-refractivity contribution is 6.30. The fourth-order valence-electron chi connectivity index (χ4n) is 2.17. The van der Waals surface area contributed by atoms with E-state index in [-0.39, 0.29) is 33.4 Å². The number of benzene rings is 2. The first-order valence-corrected chi connectivity index (χ1v) is 6.80. The first kappa shape index (κ1) is 14.2. The molecule has 3 rings (SSSR count). The van der Waals surface area contributed by atoms with E-state index in [4.69, 9.17) is 23.2 Å². The number of halogens is 5. The van der Waals surface area contributed by atoms with Crippen molar-refractivity contribution in [3.05, 3.63) is 58.6 Å². The van der Waals surface area contributed by atoms with Gasteiger partial charge < -0.3 is 0 Å². The van der Waals surface area contributed by atoms with E-state index in [0.29, 0.717) is 0 Å². The average molecular weight is 331 g/mol. The fraction of sp³-hybridized carbons (Fsp3) is 0.0714. The van der Waals surface area contributed by atoms with Gasteiger partial charge in [-0.2, -0.15) is 0 Å². The molecule has 2 nitrogen and oxygen atoms in total. The van der Waals surface area contributed by atoms with Crippen molar-refractivity contribution in [3.8, 4) is 5.69 Å². The van der Waals surface area contributed by atoms with Crippen molar-refractivity contribution in [1.82, 2.24) is 9.55 Å². The minimum absolute atomic E-state index is 0.0681. The van der Waals surface area contributed by atoms with Crippen LogP contribution in [0.15, 0.2) is 30.3 Å². The number of fused-ring (bicyclic) bond motifs is 1. The monoisotopic (exact) mass is 330 g/mol. The molecule has 1 aromatic heterocycles. The minimum atomic E-state index is -0.829. The Morgan fingerprint density at radius 3 is 2.48 bits per heavy atom. The molecule has 2 aromatic carbocycles. The predicted octanol–water partition coefficient (Wildman–Crippen LogP) is 4.84. The number of rotatable bonds is 2. The molecule has 0 radical (unpaired) electrons. The Bertz CT molecular complexity index is 846. The standard InChI is InChI=1S/C14H7Cl2F3N2/c15-6-13-20-14-10(19)4-8(17)5-12(14)21(13)11-2-1-7(16)3-9(11)18/h1-5H,6H2. The van der Waals surface area contributed by atoms with Crippen LogP contribution in [0.2, 0.25) is 5.02 Å². The molecule has 0 saturated carbocycles. The first-order chi connectivity index (χ1) is 10.0. The number of hydrogen-bond acceptors (Lipinski definition) is 1. The van der Waals surface area contributed by atoms with Crippen LogP contribution in [0.1, 0.15) is 5.82 Å². The summed E-state index contributed by atoms with van der Waals surface area (Å²) in [6, 6.07) is 5.78. The van der Waals surface area contributed by atoms with Crippen molar-refractivity contribution in [3.63, 3.8) is 0 Å². The van der Waals surface area contributed by atoms with Crippen LogP contribution in [-0.2, 0) is 5.88 Å². The van der Waals surface area contributed by atoms with Crippen LogP contribution in [0.5, 0.6) is 0 Å². The Balaban J connectivity index is 2.40. The van der Waals surface area contributed by atoms with Crippen molar-refractivity contribution >= 4 is 34.2 Å². The van der Waals surface area contributed by atoms with Gasteiger partial charge in [-0.3, -0.25) is 4.57 Å². The molecule has 3 aromatic rings. The zero-order valence-corrected chi connectivity index (χ0v) is 11.9. The summed E-state index contributed by atoms with van der Waals surface area (Å²) in [5, 5.41) is 0.213. The molecular weight excluding hydrogens is 324 g/mol.